The average Bonchev–Trinajstić information content (AvgIpc) is 2.71. The Hall–Kier alpha value is -2.46. The van der Waals surface area contributed by atoms with Crippen LogP contribution in [0.2, 0.25) is 0 Å². The van der Waals surface area contributed by atoms with Crippen LogP contribution in [0.15, 0.2) is 49.1 Å². The van der Waals surface area contributed by atoms with Crippen molar-refractivity contribution in [2.24, 2.45) is 0 Å². The summed E-state index contributed by atoms with van der Waals surface area (Å²) >= 11 is 0. The highest BCUT2D eigenvalue weighted by Crippen LogP contribution is 2.43. The smallest absolute Gasteiger partial charge is 0.203 e. The van der Waals surface area contributed by atoms with Crippen LogP contribution in [0.1, 0.15) is 23.1 Å². The molecular weight excluding hydrogens is 340 g/mol. The Kier molecular flexibility index (Phi) is 8.72. The summed E-state index contributed by atoms with van der Waals surface area (Å²) in [6.45, 7) is 4.82. The van der Waals surface area contributed by atoms with Crippen molar-refractivity contribution >= 4 is 0 Å². The lowest BCUT2D eigenvalue weighted by Gasteiger charge is -2.19. The first kappa shape index (κ1) is 20.8. The van der Waals surface area contributed by atoms with Gasteiger partial charge in [-0.1, -0.05) is 36.4 Å². The molecule has 146 valence electrons. The van der Waals surface area contributed by atoms with Crippen molar-refractivity contribution in [1.29, 1.82) is 0 Å². The summed E-state index contributed by atoms with van der Waals surface area (Å²) in [5.41, 5.74) is 3.54. The summed E-state index contributed by atoms with van der Waals surface area (Å²) in [6.07, 6.45) is 5.45. The van der Waals surface area contributed by atoms with Crippen LogP contribution in [0.3, 0.4) is 0 Å². The van der Waals surface area contributed by atoms with Crippen molar-refractivity contribution < 1.29 is 18.9 Å². The number of aryl methyl sites for hydroxylation is 2. The van der Waals surface area contributed by atoms with Gasteiger partial charge in [0.25, 0.3) is 0 Å². The lowest BCUT2D eigenvalue weighted by atomic mass is 9.99. The van der Waals surface area contributed by atoms with Crippen molar-refractivity contribution in [1.82, 2.24) is 0 Å². The van der Waals surface area contributed by atoms with Gasteiger partial charge < -0.3 is 18.9 Å². The van der Waals surface area contributed by atoms with Gasteiger partial charge in [-0.15, -0.1) is 6.58 Å². The largest absolute Gasteiger partial charge is 0.492 e. The molecule has 0 saturated carbocycles. The van der Waals surface area contributed by atoms with Gasteiger partial charge in [0.2, 0.25) is 5.75 Å². The molecule has 0 saturated heterocycles. The average molecular weight is 370 g/mol. The van der Waals surface area contributed by atoms with Gasteiger partial charge in [0.05, 0.1) is 34.5 Å². The Bertz CT molecular complexity index is 710. The second-order valence-electron chi connectivity index (χ2n) is 6.25. The molecule has 0 fully saturated rings. The van der Waals surface area contributed by atoms with Crippen LogP contribution in [-0.2, 0) is 24.0 Å². The first-order valence-electron chi connectivity index (χ1n) is 9.28. The zero-order valence-corrected chi connectivity index (χ0v) is 16.6. The minimum atomic E-state index is 0.541. The number of benzene rings is 2. The Morgan fingerprint density at radius 3 is 2.04 bits per heavy atom. The third-order valence-electron chi connectivity index (χ3n) is 4.46. The molecule has 0 unspecified atom stereocenters. The molecule has 0 atom stereocenters. The summed E-state index contributed by atoms with van der Waals surface area (Å²) < 4.78 is 22.5. The van der Waals surface area contributed by atoms with Crippen molar-refractivity contribution in [2.45, 2.75) is 25.7 Å². The number of rotatable bonds is 12. The van der Waals surface area contributed by atoms with E-state index in [-0.39, 0.29) is 0 Å². The van der Waals surface area contributed by atoms with Gasteiger partial charge in [-0.2, -0.15) is 0 Å². The van der Waals surface area contributed by atoms with Crippen LogP contribution in [0.25, 0.3) is 0 Å². The monoisotopic (exact) mass is 370 g/mol. The van der Waals surface area contributed by atoms with E-state index in [2.05, 4.69) is 36.9 Å². The molecule has 27 heavy (non-hydrogen) atoms. The van der Waals surface area contributed by atoms with Gasteiger partial charge in [-0.3, -0.25) is 0 Å². The highest BCUT2D eigenvalue weighted by atomic mass is 16.5. The fourth-order valence-electron chi connectivity index (χ4n) is 3.22. The molecule has 0 radical (unpaired) electrons. The zero-order valence-electron chi connectivity index (χ0n) is 16.6. The predicted octanol–water partition coefficient (Wildman–Crippen LogP) is 4.63. The molecule has 2 rings (SSSR count). The minimum Gasteiger partial charge on any atom is -0.492 e. The molecule has 4 heteroatoms. The molecule has 0 bridgehead atoms. The second kappa shape index (κ2) is 11.3. The Balaban J connectivity index is 2.20. The molecule has 0 aliphatic rings. The van der Waals surface area contributed by atoms with Crippen LogP contribution in [-0.4, -0.2) is 34.5 Å². The van der Waals surface area contributed by atoms with Gasteiger partial charge in [-0.05, 0) is 42.9 Å². The molecule has 0 heterocycles. The van der Waals surface area contributed by atoms with E-state index in [0.717, 1.165) is 42.6 Å². The van der Waals surface area contributed by atoms with Gasteiger partial charge >= 0.3 is 0 Å². The Labute approximate surface area is 162 Å². The fourth-order valence-corrected chi connectivity index (χ4v) is 3.22. The topological polar surface area (TPSA) is 36.9 Å². The van der Waals surface area contributed by atoms with Crippen molar-refractivity contribution in [3.63, 3.8) is 0 Å². The third kappa shape index (κ3) is 5.76. The van der Waals surface area contributed by atoms with Gasteiger partial charge in [0.1, 0.15) is 0 Å². The normalized spacial score (nSPS) is 10.5. The van der Waals surface area contributed by atoms with Gasteiger partial charge in [0, 0.05) is 5.56 Å². The Morgan fingerprint density at radius 1 is 0.815 bits per heavy atom. The Morgan fingerprint density at radius 2 is 1.44 bits per heavy atom. The molecule has 0 N–H and O–H groups in total. The fraction of sp³-hybridized carbons (Fsp3) is 0.391. The standard InChI is InChI=1S/C23H30O4/c1-5-15-27-16-14-20-17-19(13-9-12-18-10-7-6-8-11-18)21(24-2)23(26-4)22(20)25-3/h5-8,10-11,17H,1,9,12-16H2,2-4H3. The third-order valence-corrected chi connectivity index (χ3v) is 4.46. The van der Waals surface area contributed by atoms with Crippen LogP contribution in [0.5, 0.6) is 17.2 Å². The second-order valence-corrected chi connectivity index (χ2v) is 6.25. The SMILES string of the molecule is C=CCOCCc1cc(CCCc2ccccc2)c(OC)c(OC)c1OC. The van der Waals surface area contributed by atoms with E-state index >= 15 is 0 Å². The van der Waals surface area contributed by atoms with Gasteiger partial charge in [-0.25, -0.2) is 0 Å². The molecular formula is C23H30O4. The number of ether oxygens (including phenoxy) is 4. The van der Waals surface area contributed by atoms with E-state index in [4.69, 9.17) is 18.9 Å². The van der Waals surface area contributed by atoms with Crippen LogP contribution in [0.4, 0.5) is 0 Å². The predicted molar refractivity (Wildman–Crippen MR) is 109 cm³/mol. The highest BCUT2D eigenvalue weighted by Gasteiger charge is 2.20. The van der Waals surface area contributed by atoms with Crippen LogP contribution < -0.4 is 14.2 Å². The lowest BCUT2D eigenvalue weighted by molar-refractivity contribution is 0.165. The summed E-state index contributed by atoms with van der Waals surface area (Å²) in [5.74, 6) is 2.11. The van der Waals surface area contributed by atoms with E-state index in [1.807, 2.05) is 6.07 Å². The maximum Gasteiger partial charge on any atom is 0.203 e. The maximum atomic E-state index is 5.66. The summed E-state index contributed by atoms with van der Waals surface area (Å²) in [4.78, 5) is 0. The summed E-state index contributed by atoms with van der Waals surface area (Å²) in [6, 6.07) is 12.7. The number of hydrogen-bond donors (Lipinski definition) is 0. The summed E-state index contributed by atoms with van der Waals surface area (Å²) in [7, 11) is 4.97. The van der Waals surface area contributed by atoms with E-state index in [1.165, 1.54) is 5.56 Å². The maximum absolute atomic E-state index is 5.66. The number of methoxy groups -OCH3 is 3. The van der Waals surface area contributed by atoms with Crippen LogP contribution >= 0.6 is 0 Å². The molecule has 0 amide bonds. The molecule has 2 aromatic rings. The molecule has 0 aliphatic carbocycles. The number of hydrogen-bond acceptors (Lipinski definition) is 4. The lowest BCUT2D eigenvalue weighted by Crippen LogP contribution is -2.06. The molecule has 0 aliphatic heterocycles. The van der Waals surface area contributed by atoms with Crippen molar-refractivity contribution in [3.05, 3.63) is 65.7 Å². The van der Waals surface area contributed by atoms with Crippen LogP contribution in [0, 0.1) is 0 Å². The highest BCUT2D eigenvalue weighted by molar-refractivity contribution is 5.60. The van der Waals surface area contributed by atoms with Crippen molar-refractivity contribution in [3.8, 4) is 17.2 Å². The van der Waals surface area contributed by atoms with E-state index in [1.54, 1.807) is 27.4 Å². The molecule has 0 spiro atoms. The first-order valence-corrected chi connectivity index (χ1v) is 9.28. The molecule has 4 nitrogen and oxygen atoms in total. The van der Waals surface area contributed by atoms with E-state index < -0.39 is 0 Å². The summed E-state index contributed by atoms with van der Waals surface area (Å²) in [5, 5.41) is 0. The quantitative estimate of drug-likeness (QED) is 0.403. The van der Waals surface area contributed by atoms with Gasteiger partial charge in [0.15, 0.2) is 11.5 Å². The molecule has 0 aromatic heterocycles. The zero-order chi connectivity index (χ0) is 19.5. The molecule has 2 aromatic carbocycles. The van der Waals surface area contributed by atoms with E-state index in [0.29, 0.717) is 24.7 Å². The van der Waals surface area contributed by atoms with Crippen molar-refractivity contribution in [2.75, 3.05) is 34.5 Å². The van der Waals surface area contributed by atoms with E-state index in [9.17, 15) is 0 Å². The minimum absolute atomic E-state index is 0.541. The first-order chi connectivity index (χ1) is 13.2.